The molecule has 2 rings (SSSR count). The highest BCUT2D eigenvalue weighted by Gasteiger charge is 2.49. The Morgan fingerprint density at radius 2 is 1.88 bits per heavy atom. The molecular weight excluding hydrogens is 218 g/mol. The van der Waals surface area contributed by atoms with Crippen LogP contribution < -0.4 is 10.4 Å². The third-order valence-corrected chi connectivity index (χ3v) is 3.39. The summed E-state index contributed by atoms with van der Waals surface area (Å²) in [5.74, 6) is -0.152. The third-order valence-electron chi connectivity index (χ3n) is 3.39. The van der Waals surface area contributed by atoms with Gasteiger partial charge in [0.2, 0.25) is 0 Å². The first-order valence-corrected chi connectivity index (χ1v) is 5.52. The lowest BCUT2D eigenvalue weighted by Crippen LogP contribution is -2.51. The largest absolute Gasteiger partial charge is 0.323 e. The van der Waals surface area contributed by atoms with E-state index < -0.39 is 11.8 Å². The maximum absolute atomic E-state index is 12.0. The molecule has 0 aromatic heterocycles. The summed E-state index contributed by atoms with van der Waals surface area (Å²) in [6, 6.07) is 9.56. The van der Waals surface area contributed by atoms with Crippen molar-refractivity contribution in [3.8, 4) is 0 Å². The molecule has 0 aliphatic carbocycles. The van der Waals surface area contributed by atoms with Gasteiger partial charge in [-0.1, -0.05) is 18.2 Å². The zero-order valence-electron chi connectivity index (χ0n) is 10.2. The van der Waals surface area contributed by atoms with Crippen LogP contribution in [0.15, 0.2) is 30.3 Å². The van der Waals surface area contributed by atoms with E-state index in [9.17, 15) is 10.0 Å². The highest BCUT2D eigenvalue weighted by atomic mass is 16.5. The second-order valence-corrected chi connectivity index (χ2v) is 4.63. The Morgan fingerprint density at radius 1 is 1.29 bits per heavy atom. The van der Waals surface area contributed by atoms with Gasteiger partial charge in [-0.2, -0.15) is 5.48 Å². The Hall–Kier alpha value is -1.59. The predicted molar refractivity (Wildman–Crippen MR) is 64.5 cm³/mol. The van der Waals surface area contributed by atoms with Gasteiger partial charge < -0.3 is 15.0 Å². The molecule has 1 fully saturated rings. The van der Waals surface area contributed by atoms with Crippen molar-refractivity contribution in [1.29, 1.82) is 0 Å². The number of para-hydroxylation sites is 1. The topological polar surface area (TPSA) is 55.8 Å². The van der Waals surface area contributed by atoms with Gasteiger partial charge in [-0.25, -0.2) is 0 Å². The normalized spacial score (nSPS) is 23.3. The molecule has 17 heavy (non-hydrogen) atoms. The Bertz CT molecular complexity index is 419. The monoisotopic (exact) mass is 235 g/mol. The van der Waals surface area contributed by atoms with E-state index in [1.165, 1.54) is 0 Å². The van der Waals surface area contributed by atoms with E-state index in [1.807, 2.05) is 49.1 Å². The molecule has 1 aliphatic heterocycles. The molecule has 1 unspecified atom stereocenters. The van der Waals surface area contributed by atoms with E-state index in [4.69, 9.17) is 0 Å². The Morgan fingerprint density at radius 3 is 2.41 bits per heavy atom. The molecule has 1 amide bonds. The first kappa shape index (κ1) is 11.9. The highest BCUT2D eigenvalue weighted by molar-refractivity contribution is 5.89. The van der Waals surface area contributed by atoms with Crippen molar-refractivity contribution in [3.05, 3.63) is 30.3 Å². The van der Waals surface area contributed by atoms with Gasteiger partial charge in [0.25, 0.3) is 5.91 Å². The predicted octanol–water partition coefficient (Wildman–Crippen LogP) is 1.01. The zero-order valence-corrected chi connectivity index (χ0v) is 10.2. The van der Waals surface area contributed by atoms with Gasteiger partial charge in [0, 0.05) is 12.7 Å². The molecule has 1 saturated heterocycles. The molecule has 1 aromatic rings. The van der Waals surface area contributed by atoms with Crippen molar-refractivity contribution in [2.24, 2.45) is 0 Å². The number of likely N-dealkylation sites (N-methyl/N-ethyl adjacent to an activating group) is 1. The minimum Gasteiger partial charge on any atom is -0.323 e. The fraction of sp³-hybridized carbons (Fsp3) is 0.417. The van der Waals surface area contributed by atoms with Crippen LogP contribution in [0.1, 0.15) is 13.8 Å². The highest BCUT2D eigenvalue weighted by Crippen LogP contribution is 2.33. The van der Waals surface area contributed by atoms with Crippen LogP contribution in [0, 0.1) is 0 Å². The van der Waals surface area contributed by atoms with E-state index in [1.54, 1.807) is 11.9 Å². The van der Waals surface area contributed by atoms with Crippen LogP contribution in [0.2, 0.25) is 0 Å². The van der Waals surface area contributed by atoms with Crippen LogP contribution in [0.5, 0.6) is 0 Å². The van der Waals surface area contributed by atoms with Crippen LogP contribution in [0.4, 0.5) is 5.69 Å². The molecule has 0 radical (unpaired) electrons. The van der Waals surface area contributed by atoms with Crippen molar-refractivity contribution < 1.29 is 10.0 Å². The van der Waals surface area contributed by atoms with Crippen molar-refractivity contribution in [3.63, 3.8) is 0 Å². The number of hydrogen-bond donors (Lipinski definition) is 2. The molecule has 0 bridgehead atoms. The number of carbonyl (C=O) groups excluding carboxylic acids is 1. The van der Waals surface area contributed by atoms with Gasteiger partial charge in [0.1, 0.15) is 5.66 Å². The maximum Gasteiger partial charge on any atom is 0.264 e. The first-order valence-electron chi connectivity index (χ1n) is 5.52. The van der Waals surface area contributed by atoms with Crippen molar-refractivity contribution in [2.45, 2.75) is 25.7 Å². The first-order chi connectivity index (χ1) is 8.00. The zero-order chi connectivity index (χ0) is 12.6. The van der Waals surface area contributed by atoms with Crippen molar-refractivity contribution in [1.82, 2.24) is 10.4 Å². The van der Waals surface area contributed by atoms with Gasteiger partial charge in [-0.15, -0.1) is 0 Å². The lowest BCUT2D eigenvalue weighted by atomic mass is 10.1. The second-order valence-electron chi connectivity index (χ2n) is 4.63. The SMILES string of the molecule is CN1C(=O)C(NO)N(c2ccccc2)C1(C)C. The lowest BCUT2D eigenvalue weighted by Gasteiger charge is -2.38. The number of hydroxylamine groups is 1. The van der Waals surface area contributed by atoms with E-state index >= 15 is 0 Å². The van der Waals surface area contributed by atoms with E-state index in [2.05, 4.69) is 5.48 Å². The quantitative estimate of drug-likeness (QED) is 0.751. The fourth-order valence-electron chi connectivity index (χ4n) is 2.21. The number of hydrogen-bond acceptors (Lipinski definition) is 4. The average molecular weight is 235 g/mol. The number of benzene rings is 1. The van der Waals surface area contributed by atoms with Gasteiger partial charge >= 0.3 is 0 Å². The molecule has 2 N–H and O–H groups in total. The molecule has 1 atom stereocenters. The van der Waals surface area contributed by atoms with Gasteiger partial charge in [-0.3, -0.25) is 4.79 Å². The molecule has 5 heteroatoms. The Kier molecular flexibility index (Phi) is 2.81. The standard InChI is InChI=1S/C12H17N3O2/c1-12(2)14(3)11(16)10(13-17)15(12)9-7-5-4-6-8-9/h4-8,10,13,17H,1-3H3. The average Bonchev–Trinajstić information content (AvgIpc) is 2.50. The molecule has 1 aromatic carbocycles. The van der Waals surface area contributed by atoms with Crippen molar-refractivity contribution >= 4 is 11.6 Å². The summed E-state index contributed by atoms with van der Waals surface area (Å²) in [6.45, 7) is 3.88. The van der Waals surface area contributed by atoms with Crippen LogP contribution in [-0.2, 0) is 4.79 Å². The summed E-state index contributed by atoms with van der Waals surface area (Å²) in [4.78, 5) is 15.5. The van der Waals surface area contributed by atoms with Gasteiger partial charge in [0.05, 0.1) is 0 Å². The summed E-state index contributed by atoms with van der Waals surface area (Å²) in [6.07, 6.45) is -0.739. The Balaban J connectivity index is 2.47. The second kappa shape index (κ2) is 4.01. The third kappa shape index (κ3) is 1.67. The summed E-state index contributed by atoms with van der Waals surface area (Å²) < 4.78 is 0. The smallest absolute Gasteiger partial charge is 0.264 e. The van der Waals surface area contributed by atoms with E-state index in [-0.39, 0.29) is 5.91 Å². The molecule has 5 nitrogen and oxygen atoms in total. The Labute approximate surface area is 101 Å². The van der Waals surface area contributed by atoms with Crippen molar-refractivity contribution in [2.75, 3.05) is 11.9 Å². The van der Waals surface area contributed by atoms with E-state index in [0.717, 1.165) is 5.69 Å². The lowest BCUT2D eigenvalue weighted by molar-refractivity contribution is -0.132. The molecular formula is C12H17N3O2. The van der Waals surface area contributed by atoms with Crippen LogP contribution in [0.25, 0.3) is 0 Å². The number of nitrogens with zero attached hydrogens (tertiary/aromatic N) is 2. The maximum atomic E-state index is 12.0. The molecule has 92 valence electrons. The van der Waals surface area contributed by atoms with Gasteiger partial charge in [-0.05, 0) is 26.0 Å². The van der Waals surface area contributed by atoms with E-state index in [0.29, 0.717) is 0 Å². The fourth-order valence-corrected chi connectivity index (χ4v) is 2.21. The van der Waals surface area contributed by atoms with Crippen LogP contribution in [-0.4, -0.2) is 34.9 Å². The molecule has 1 heterocycles. The minimum atomic E-state index is -0.739. The molecule has 0 spiro atoms. The van der Waals surface area contributed by atoms with Crippen LogP contribution in [0.3, 0.4) is 0 Å². The number of rotatable bonds is 2. The molecule has 1 aliphatic rings. The summed E-state index contributed by atoms with van der Waals surface area (Å²) in [7, 11) is 1.73. The summed E-state index contributed by atoms with van der Waals surface area (Å²) in [5.41, 5.74) is 2.49. The minimum absolute atomic E-state index is 0.152. The number of nitrogens with one attached hydrogen (secondary N) is 1. The summed E-state index contributed by atoms with van der Waals surface area (Å²) >= 11 is 0. The number of carbonyl (C=O) groups is 1. The summed E-state index contributed by atoms with van der Waals surface area (Å²) in [5, 5.41) is 9.18. The van der Waals surface area contributed by atoms with Gasteiger partial charge in [0.15, 0.2) is 6.17 Å². The number of amides is 1. The molecule has 0 saturated carbocycles. The number of anilines is 1. The van der Waals surface area contributed by atoms with Crippen LogP contribution >= 0.6 is 0 Å².